The number of amides is 1. The predicted octanol–water partition coefficient (Wildman–Crippen LogP) is 3.10. The lowest BCUT2D eigenvalue weighted by Gasteiger charge is -2.25. The topological polar surface area (TPSA) is 77.8 Å². The Balaban J connectivity index is 2.26. The molecule has 1 amide bonds. The SMILES string of the molecule is COc1ccc([C@@H](OC(=O)c2ccco2)C(=O)NC(C)(C)C)cc1. The number of hydrogen-bond acceptors (Lipinski definition) is 5. The summed E-state index contributed by atoms with van der Waals surface area (Å²) in [5, 5.41) is 2.82. The third-order valence-electron chi connectivity index (χ3n) is 3.10. The van der Waals surface area contributed by atoms with Gasteiger partial charge in [0.1, 0.15) is 5.75 Å². The van der Waals surface area contributed by atoms with Gasteiger partial charge in [-0.3, -0.25) is 4.79 Å². The van der Waals surface area contributed by atoms with Crippen molar-refractivity contribution in [1.82, 2.24) is 5.32 Å². The summed E-state index contributed by atoms with van der Waals surface area (Å²) in [6, 6.07) is 9.83. The van der Waals surface area contributed by atoms with Crippen LogP contribution in [-0.2, 0) is 9.53 Å². The molecule has 128 valence electrons. The minimum absolute atomic E-state index is 0.0390. The molecule has 1 aromatic carbocycles. The molecule has 24 heavy (non-hydrogen) atoms. The molecule has 0 spiro atoms. The van der Waals surface area contributed by atoms with Crippen LogP contribution >= 0.6 is 0 Å². The van der Waals surface area contributed by atoms with Crippen LogP contribution in [0.3, 0.4) is 0 Å². The molecule has 6 heteroatoms. The highest BCUT2D eigenvalue weighted by molar-refractivity contribution is 5.90. The lowest BCUT2D eigenvalue weighted by molar-refractivity contribution is -0.131. The van der Waals surface area contributed by atoms with E-state index in [1.54, 1.807) is 37.4 Å². The van der Waals surface area contributed by atoms with Gasteiger partial charge in [-0.1, -0.05) is 12.1 Å². The zero-order chi connectivity index (χ0) is 17.7. The van der Waals surface area contributed by atoms with E-state index in [2.05, 4.69) is 5.32 Å². The summed E-state index contributed by atoms with van der Waals surface area (Å²) in [6.45, 7) is 5.55. The van der Waals surface area contributed by atoms with Crippen LogP contribution < -0.4 is 10.1 Å². The third-order valence-corrected chi connectivity index (χ3v) is 3.10. The van der Waals surface area contributed by atoms with Gasteiger partial charge in [0.2, 0.25) is 11.9 Å². The van der Waals surface area contributed by atoms with Gasteiger partial charge in [0.25, 0.3) is 5.91 Å². The molecule has 1 aromatic heterocycles. The molecule has 0 bridgehead atoms. The number of methoxy groups -OCH3 is 1. The Morgan fingerprint density at radius 1 is 1.12 bits per heavy atom. The summed E-state index contributed by atoms with van der Waals surface area (Å²) in [6.07, 6.45) is 0.279. The van der Waals surface area contributed by atoms with Gasteiger partial charge in [-0.05, 0) is 45.0 Å². The Morgan fingerprint density at radius 3 is 2.29 bits per heavy atom. The Morgan fingerprint density at radius 2 is 1.79 bits per heavy atom. The van der Waals surface area contributed by atoms with E-state index in [4.69, 9.17) is 13.9 Å². The van der Waals surface area contributed by atoms with Crippen LogP contribution in [-0.4, -0.2) is 24.5 Å². The molecule has 1 N–H and O–H groups in total. The lowest BCUT2D eigenvalue weighted by atomic mass is 10.0. The van der Waals surface area contributed by atoms with Crippen molar-refractivity contribution >= 4 is 11.9 Å². The molecule has 0 aliphatic rings. The van der Waals surface area contributed by atoms with E-state index in [0.29, 0.717) is 11.3 Å². The number of carbonyl (C=O) groups is 2. The van der Waals surface area contributed by atoms with Crippen LogP contribution in [0.2, 0.25) is 0 Å². The predicted molar refractivity (Wildman–Crippen MR) is 87.8 cm³/mol. The van der Waals surface area contributed by atoms with Crippen molar-refractivity contribution in [2.45, 2.75) is 32.4 Å². The van der Waals surface area contributed by atoms with Gasteiger partial charge >= 0.3 is 5.97 Å². The molecule has 1 heterocycles. The lowest BCUT2D eigenvalue weighted by Crippen LogP contribution is -2.44. The number of rotatable bonds is 5. The minimum atomic E-state index is -1.09. The molecule has 0 fully saturated rings. The fraction of sp³-hybridized carbons (Fsp3) is 0.333. The fourth-order valence-corrected chi connectivity index (χ4v) is 2.05. The Kier molecular flexibility index (Phi) is 5.28. The number of benzene rings is 1. The third kappa shape index (κ3) is 4.62. The van der Waals surface area contributed by atoms with Crippen molar-refractivity contribution in [3.8, 4) is 5.75 Å². The van der Waals surface area contributed by atoms with Gasteiger partial charge < -0.3 is 19.2 Å². The Bertz CT molecular complexity index is 683. The first-order valence-corrected chi connectivity index (χ1v) is 7.50. The number of ether oxygens (including phenoxy) is 2. The second-order valence-corrected chi connectivity index (χ2v) is 6.28. The van der Waals surface area contributed by atoms with Gasteiger partial charge in [0.05, 0.1) is 13.4 Å². The number of esters is 1. The molecule has 6 nitrogen and oxygen atoms in total. The number of nitrogens with one attached hydrogen (secondary N) is 1. The summed E-state index contributed by atoms with van der Waals surface area (Å²) in [5.74, 6) is -0.430. The van der Waals surface area contributed by atoms with E-state index in [-0.39, 0.29) is 5.76 Å². The molecule has 0 aliphatic heterocycles. The van der Waals surface area contributed by atoms with Crippen molar-refractivity contribution in [2.24, 2.45) is 0 Å². The molecule has 0 saturated carbocycles. The molecule has 2 rings (SSSR count). The average molecular weight is 331 g/mol. The molecule has 2 aromatic rings. The maximum Gasteiger partial charge on any atom is 0.375 e. The zero-order valence-electron chi connectivity index (χ0n) is 14.2. The van der Waals surface area contributed by atoms with Crippen LogP contribution in [0.15, 0.2) is 47.1 Å². The Hall–Kier alpha value is -2.76. The second-order valence-electron chi connectivity index (χ2n) is 6.28. The fourth-order valence-electron chi connectivity index (χ4n) is 2.05. The normalized spacial score (nSPS) is 12.3. The van der Waals surface area contributed by atoms with E-state index in [1.807, 2.05) is 20.8 Å². The van der Waals surface area contributed by atoms with Crippen molar-refractivity contribution in [2.75, 3.05) is 7.11 Å². The van der Waals surface area contributed by atoms with Crippen molar-refractivity contribution in [3.63, 3.8) is 0 Å². The first-order chi connectivity index (χ1) is 11.3. The first-order valence-electron chi connectivity index (χ1n) is 7.50. The summed E-state index contributed by atoms with van der Waals surface area (Å²) in [4.78, 5) is 24.7. The second kappa shape index (κ2) is 7.21. The average Bonchev–Trinajstić information content (AvgIpc) is 3.05. The van der Waals surface area contributed by atoms with Gasteiger partial charge in [-0.15, -0.1) is 0 Å². The van der Waals surface area contributed by atoms with Crippen molar-refractivity contribution in [3.05, 3.63) is 54.0 Å². The largest absolute Gasteiger partial charge is 0.497 e. The van der Waals surface area contributed by atoms with Crippen LogP contribution in [0.1, 0.15) is 43.0 Å². The van der Waals surface area contributed by atoms with E-state index in [1.165, 1.54) is 12.3 Å². The number of furan rings is 1. The number of carbonyl (C=O) groups excluding carboxylic acids is 2. The smallest absolute Gasteiger partial charge is 0.375 e. The van der Waals surface area contributed by atoms with E-state index < -0.39 is 23.5 Å². The van der Waals surface area contributed by atoms with E-state index in [0.717, 1.165) is 0 Å². The van der Waals surface area contributed by atoms with Gasteiger partial charge in [-0.25, -0.2) is 4.79 Å². The Labute approximate surface area is 140 Å². The van der Waals surface area contributed by atoms with E-state index in [9.17, 15) is 9.59 Å². The molecular weight excluding hydrogens is 310 g/mol. The summed E-state index contributed by atoms with van der Waals surface area (Å²) >= 11 is 0. The maximum atomic E-state index is 12.6. The molecule has 1 atom stereocenters. The van der Waals surface area contributed by atoms with Gasteiger partial charge in [0.15, 0.2) is 0 Å². The number of hydrogen-bond donors (Lipinski definition) is 1. The highest BCUT2D eigenvalue weighted by Crippen LogP contribution is 2.23. The van der Waals surface area contributed by atoms with Crippen LogP contribution in [0.25, 0.3) is 0 Å². The van der Waals surface area contributed by atoms with Crippen molar-refractivity contribution in [1.29, 1.82) is 0 Å². The van der Waals surface area contributed by atoms with Gasteiger partial charge in [-0.2, -0.15) is 0 Å². The summed E-state index contributed by atoms with van der Waals surface area (Å²) in [5.41, 5.74) is 0.0799. The molecule has 0 aliphatic carbocycles. The highest BCUT2D eigenvalue weighted by atomic mass is 16.6. The maximum absolute atomic E-state index is 12.6. The molecule has 0 saturated heterocycles. The van der Waals surface area contributed by atoms with Crippen molar-refractivity contribution < 1.29 is 23.5 Å². The zero-order valence-corrected chi connectivity index (χ0v) is 14.2. The molecule has 0 radical (unpaired) electrons. The first kappa shape index (κ1) is 17.6. The van der Waals surface area contributed by atoms with Crippen LogP contribution in [0, 0.1) is 0 Å². The molecule has 0 unspecified atom stereocenters. The minimum Gasteiger partial charge on any atom is -0.497 e. The molecular formula is C18H21NO5. The quantitative estimate of drug-likeness (QED) is 0.852. The van der Waals surface area contributed by atoms with E-state index >= 15 is 0 Å². The van der Waals surface area contributed by atoms with Gasteiger partial charge in [0, 0.05) is 11.1 Å². The van der Waals surface area contributed by atoms with Crippen LogP contribution in [0.4, 0.5) is 0 Å². The van der Waals surface area contributed by atoms with Crippen LogP contribution in [0.5, 0.6) is 5.75 Å². The standard InChI is InChI=1S/C18H21NO5/c1-18(2,3)19-16(20)15(12-7-9-13(22-4)10-8-12)24-17(21)14-6-5-11-23-14/h5-11,15H,1-4H3,(H,19,20)/t15-/m1/s1. The summed E-state index contributed by atoms with van der Waals surface area (Å²) < 4.78 is 15.5. The monoisotopic (exact) mass is 331 g/mol. The highest BCUT2D eigenvalue weighted by Gasteiger charge is 2.29. The summed E-state index contributed by atoms with van der Waals surface area (Å²) in [7, 11) is 1.55.